The van der Waals surface area contributed by atoms with Crippen molar-refractivity contribution in [3.05, 3.63) is 65.2 Å². The Morgan fingerprint density at radius 1 is 1.08 bits per heavy atom. The quantitative estimate of drug-likeness (QED) is 0.854. The maximum absolute atomic E-state index is 12.5. The summed E-state index contributed by atoms with van der Waals surface area (Å²) in [7, 11) is 0. The van der Waals surface area contributed by atoms with Gasteiger partial charge in [-0.15, -0.1) is 0 Å². The molecular formula is C20H20N2O3. The number of aryl methyl sites for hydroxylation is 1. The van der Waals surface area contributed by atoms with Crippen LogP contribution in [-0.4, -0.2) is 29.2 Å². The summed E-state index contributed by atoms with van der Waals surface area (Å²) in [5.74, 6) is -1.15. The number of amides is 3. The molecule has 5 nitrogen and oxygen atoms in total. The van der Waals surface area contributed by atoms with E-state index in [1.807, 2.05) is 24.3 Å². The van der Waals surface area contributed by atoms with E-state index in [2.05, 4.69) is 12.2 Å². The first-order valence-electron chi connectivity index (χ1n) is 8.40. The fraction of sp³-hybridized carbons (Fsp3) is 0.250. The van der Waals surface area contributed by atoms with Crippen LogP contribution in [-0.2, 0) is 22.4 Å². The molecule has 5 heteroatoms. The van der Waals surface area contributed by atoms with Gasteiger partial charge in [0.15, 0.2) is 0 Å². The highest BCUT2D eigenvalue weighted by molar-refractivity contribution is 6.12. The highest BCUT2D eigenvalue weighted by Crippen LogP contribution is 2.19. The minimum atomic E-state index is -0.416. The van der Waals surface area contributed by atoms with E-state index in [0.717, 1.165) is 17.7 Å². The molecule has 0 bridgehead atoms. The van der Waals surface area contributed by atoms with Crippen LogP contribution in [0, 0.1) is 0 Å². The monoisotopic (exact) mass is 336 g/mol. The summed E-state index contributed by atoms with van der Waals surface area (Å²) in [6, 6.07) is 14.6. The molecule has 1 aliphatic rings. The van der Waals surface area contributed by atoms with Crippen LogP contribution < -0.4 is 5.32 Å². The van der Waals surface area contributed by atoms with Crippen LogP contribution in [0.15, 0.2) is 48.5 Å². The van der Waals surface area contributed by atoms with Gasteiger partial charge < -0.3 is 5.32 Å². The number of hydrogen-bond acceptors (Lipinski definition) is 3. The number of carbonyl (C=O) groups excluding carboxylic acids is 3. The molecule has 0 unspecified atom stereocenters. The van der Waals surface area contributed by atoms with Crippen LogP contribution in [0.5, 0.6) is 0 Å². The molecule has 3 amide bonds. The van der Waals surface area contributed by atoms with Gasteiger partial charge in [-0.3, -0.25) is 19.3 Å². The normalized spacial score (nSPS) is 13.6. The number of nitrogens with zero attached hydrogens (tertiary/aromatic N) is 1. The first-order valence-corrected chi connectivity index (χ1v) is 8.40. The van der Waals surface area contributed by atoms with Gasteiger partial charge in [-0.2, -0.15) is 0 Å². The molecule has 0 atom stereocenters. The van der Waals surface area contributed by atoms with Gasteiger partial charge in [-0.1, -0.05) is 43.7 Å². The number of nitrogens with one attached hydrogen (secondary N) is 1. The minimum absolute atomic E-state index is 0.140. The molecular weight excluding hydrogens is 316 g/mol. The molecule has 0 spiro atoms. The van der Waals surface area contributed by atoms with Crippen molar-refractivity contribution in [2.45, 2.75) is 26.2 Å². The fourth-order valence-electron chi connectivity index (χ4n) is 2.95. The lowest BCUT2D eigenvalue weighted by Crippen LogP contribution is -2.46. The van der Waals surface area contributed by atoms with Crippen molar-refractivity contribution in [3.63, 3.8) is 0 Å². The molecule has 0 aliphatic carbocycles. The standard InChI is InChI=1S/C20H20N2O3/c1-2-5-14-8-10-16(11-9-14)21-18(23)13-22-19(24)12-15-6-3-4-7-17(15)20(22)25/h3-4,6-11H,2,5,12-13H2,1H3,(H,21,23). The van der Waals surface area contributed by atoms with Crippen molar-refractivity contribution in [2.24, 2.45) is 0 Å². The number of rotatable bonds is 5. The van der Waals surface area contributed by atoms with E-state index in [1.165, 1.54) is 5.56 Å². The first kappa shape index (κ1) is 16.9. The van der Waals surface area contributed by atoms with Gasteiger partial charge in [0.05, 0.1) is 6.42 Å². The van der Waals surface area contributed by atoms with Gasteiger partial charge >= 0.3 is 0 Å². The van der Waals surface area contributed by atoms with Crippen LogP contribution in [0.4, 0.5) is 5.69 Å². The molecule has 0 saturated heterocycles. The average molecular weight is 336 g/mol. The Kier molecular flexibility index (Phi) is 4.93. The van der Waals surface area contributed by atoms with E-state index in [9.17, 15) is 14.4 Å². The van der Waals surface area contributed by atoms with Crippen LogP contribution in [0.25, 0.3) is 0 Å². The fourth-order valence-corrected chi connectivity index (χ4v) is 2.95. The van der Waals surface area contributed by atoms with Crippen LogP contribution in [0.1, 0.15) is 34.8 Å². The summed E-state index contributed by atoms with van der Waals surface area (Å²) in [5, 5.41) is 2.74. The number of imide groups is 1. The predicted molar refractivity (Wildman–Crippen MR) is 95.3 cm³/mol. The Morgan fingerprint density at radius 2 is 1.80 bits per heavy atom. The minimum Gasteiger partial charge on any atom is -0.325 e. The molecule has 25 heavy (non-hydrogen) atoms. The Bertz CT molecular complexity index is 812. The van der Waals surface area contributed by atoms with Crippen molar-refractivity contribution >= 4 is 23.4 Å². The summed E-state index contributed by atoms with van der Waals surface area (Å²) >= 11 is 0. The Morgan fingerprint density at radius 3 is 2.52 bits per heavy atom. The van der Waals surface area contributed by atoms with Crippen molar-refractivity contribution in [3.8, 4) is 0 Å². The average Bonchev–Trinajstić information content (AvgIpc) is 2.60. The molecule has 0 radical (unpaired) electrons. The molecule has 3 rings (SSSR count). The zero-order valence-corrected chi connectivity index (χ0v) is 14.1. The van der Waals surface area contributed by atoms with E-state index in [0.29, 0.717) is 16.8 Å². The van der Waals surface area contributed by atoms with E-state index in [1.54, 1.807) is 24.3 Å². The van der Waals surface area contributed by atoms with Gasteiger partial charge in [0.25, 0.3) is 5.91 Å². The second kappa shape index (κ2) is 7.30. The van der Waals surface area contributed by atoms with Crippen molar-refractivity contribution < 1.29 is 14.4 Å². The maximum Gasteiger partial charge on any atom is 0.261 e. The molecule has 1 aliphatic heterocycles. The van der Waals surface area contributed by atoms with Crippen LogP contribution in [0.3, 0.4) is 0 Å². The number of anilines is 1. The van der Waals surface area contributed by atoms with E-state index in [4.69, 9.17) is 0 Å². The summed E-state index contributed by atoms with van der Waals surface area (Å²) in [6.07, 6.45) is 2.19. The predicted octanol–water partition coefficient (Wildman–Crippen LogP) is 2.80. The highest BCUT2D eigenvalue weighted by atomic mass is 16.2. The maximum atomic E-state index is 12.5. The second-order valence-electron chi connectivity index (χ2n) is 6.11. The number of fused-ring (bicyclic) bond motifs is 1. The molecule has 1 heterocycles. The zero-order valence-electron chi connectivity index (χ0n) is 14.1. The SMILES string of the molecule is CCCc1ccc(NC(=O)CN2C(=O)Cc3ccccc3C2=O)cc1. The van der Waals surface area contributed by atoms with Crippen molar-refractivity contribution in [2.75, 3.05) is 11.9 Å². The zero-order chi connectivity index (χ0) is 17.8. The molecule has 1 N–H and O–H groups in total. The number of hydrogen-bond donors (Lipinski definition) is 1. The van der Waals surface area contributed by atoms with Gasteiger partial charge in [-0.25, -0.2) is 0 Å². The molecule has 0 aromatic heterocycles. The topological polar surface area (TPSA) is 66.5 Å². The van der Waals surface area contributed by atoms with Crippen molar-refractivity contribution in [1.82, 2.24) is 4.90 Å². The van der Waals surface area contributed by atoms with Gasteiger partial charge in [0.1, 0.15) is 6.54 Å². The molecule has 0 fully saturated rings. The smallest absolute Gasteiger partial charge is 0.261 e. The summed E-state index contributed by atoms with van der Waals surface area (Å²) in [4.78, 5) is 37.9. The Labute approximate surface area is 146 Å². The highest BCUT2D eigenvalue weighted by Gasteiger charge is 2.31. The van der Waals surface area contributed by atoms with Crippen LogP contribution in [0.2, 0.25) is 0 Å². The molecule has 2 aromatic carbocycles. The lowest BCUT2D eigenvalue weighted by atomic mass is 9.98. The van der Waals surface area contributed by atoms with Crippen molar-refractivity contribution in [1.29, 1.82) is 0 Å². The Balaban J connectivity index is 1.66. The summed E-state index contributed by atoms with van der Waals surface area (Å²) in [6.45, 7) is 1.84. The third-order valence-corrected chi connectivity index (χ3v) is 4.21. The molecule has 2 aromatic rings. The van der Waals surface area contributed by atoms with Crippen LogP contribution >= 0.6 is 0 Å². The lowest BCUT2D eigenvalue weighted by molar-refractivity contribution is -0.131. The Hall–Kier alpha value is -2.95. The van der Waals surface area contributed by atoms with E-state index in [-0.39, 0.29) is 24.8 Å². The van der Waals surface area contributed by atoms with Gasteiger partial charge in [0, 0.05) is 11.3 Å². The number of carbonyl (C=O) groups is 3. The van der Waals surface area contributed by atoms with E-state index >= 15 is 0 Å². The summed E-state index contributed by atoms with van der Waals surface area (Å²) < 4.78 is 0. The number of benzene rings is 2. The first-order chi connectivity index (χ1) is 12.1. The largest absolute Gasteiger partial charge is 0.325 e. The molecule has 0 saturated carbocycles. The van der Waals surface area contributed by atoms with Gasteiger partial charge in [0.2, 0.25) is 11.8 Å². The van der Waals surface area contributed by atoms with Gasteiger partial charge in [-0.05, 0) is 35.7 Å². The van der Waals surface area contributed by atoms with E-state index < -0.39 is 5.91 Å². The lowest BCUT2D eigenvalue weighted by Gasteiger charge is -2.26. The molecule has 128 valence electrons. The second-order valence-corrected chi connectivity index (χ2v) is 6.11. The third kappa shape index (κ3) is 3.76. The third-order valence-electron chi connectivity index (χ3n) is 4.21. The summed E-state index contributed by atoms with van der Waals surface area (Å²) in [5.41, 5.74) is 3.06.